The van der Waals surface area contributed by atoms with Crippen LogP contribution < -0.4 is 10.1 Å². The number of anilines is 1. The Bertz CT molecular complexity index is 994. The van der Waals surface area contributed by atoms with Crippen LogP contribution >= 0.6 is 11.6 Å². The fourth-order valence-electron chi connectivity index (χ4n) is 3.05. The molecule has 1 aliphatic rings. The Hall–Kier alpha value is -2.16. The predicted octanol–water partition coefficient (Wildman–Crippen LogP) is 4.06. The van der Waals surface area contributed by atoms with Gasteiger partial charge in [-0.1, -0.05) is 24.1 Å². The number of benzene rings is 2. The second-order valence-corrected chi connectivity index (χ2v) is 9.16. The van der Waals surface area contributed by atoms with E-state index in [1.165, 1.54) is 35.5 Å². The number of carbonyl (C=O) groups is 1. The second-order valence-electron chi connectivity index (χ2n) is 6.82. The van der Waals surface area contributed by atoms with Gasteiger partial charge < -0.3 is 10.1 Å². The molecule has 6 nitrogen and oxygen atoms in total. The average Bonchev–Trinajstić information content (AvgIpc) is 2.71. The van der Waals surface area contributed by atoms with E-state index in [0.29, 0.717) is 18.8 Å². The van der Waals surface area contributed by atoms with Gasteiger partial charge in [0, 0.05) is 18.8 Å². The number of nitrogens with one attached hydrogen (secondary N) is 1. The molecule has 1 aliphatic heterocycles. The van der Waals surface area contributed by atoms with E-state index in [2.05, 4.69) is 5.32 Å². The quantitative estimate of drug-likeness (QED) is 0.735. The molecular formula is C20H22ClFN2O4S. The zero-order valence-corrected chi connectivity index (χ0v) is 17.5. The Kier molecular flexibility index (Phi) is 6.77. The molecule has 0 spiro atoms. The number of rotatable bonds is 6. The summed E-state index contributed by atoms with van der Waals surface area (Å²) in [4.78, 5) is 12.6. The molecule has 1 atom stereocenters. The number of halogens is 2. The van der Waals surface area contributed by atoms with Crippen LogP contribution in [0.2, 0.25) is 5.02 Å². The van der Waals surface area contributed by atoms with E-state index < -0.39 is 27.9 Å². The van der Waals surface area contributed by atoms with Crippen LogP contribution in [-0.2, 0) is 14.8 Å². The monoisotopic (exact) mass is 440 g/mol. The van der Waals surface area contributed by atoms with Crippen molar-refractivity contribution < 1.29 is 22.3 Å². The Labute approximate surface area is 174 Å². The van der Waals surface area contributed by atoms with E-state index in [1.54, 1.807) is 12.1 Å². The topological polar surface area (TPSA) is 75.7 Å². The summed E-state index contributed by atoms with van der Waals surface area (Å²) in [6.45, 7) is 2.52. The van der Waals surface area contributed by atoms with Crippen molar-refractivity contribution in [3.63, 3.8) is 0 Å². The molecule has 0 aromatic heterocycles. The van der Waals surface area contributed by atoms with Crippen molar-refractivity contribution in [3.05, 3.63) is 53.3 Å². The first-order chi connectivity index (χ1) is 13.8. The van der Waals surface area contributed by atoms with Crippen LogP contribution in [0.3, 0.4) is 0 Å². The maximum Gasteiger partial charge on any atom is 0.265 e. The number of sulfonamides is 1. The lowest BCUT2D eigenvalue weighted by Crippen LogP contribution is -2.35. The molecule has 2 aromatic rings. The number of hydrogen-bond donors (Lipinski definition) is 1. The molecule has 0 bridgehead atoms. The molecule has 3 rings (SSSR count). The van der Waals surface area contributed by atoms with Crippen molar-refractivity contribution in [1.82, 2.24) is 4.31 Å². The smallest absolute Gasteiger partial charge is 0.265 e. The normalized spacial score (nSPS) is 16.2. The van der Waals surface area contributed by atoms with E-state index in [0.717, 1.165) is 25.3 Å². The molecule has 0 radical (unpaired) electrons. The minimum absolute atomic E-state index is 0.0549. The van der Waals surface area contributed by atoms with Crippen molar-refractivity contribution >= 4 is 33.2 Å². The van der Waals surface area contributed by atoms with Gasteiger partial charge in [0.25, 0.3) is 5.91 Å². The van der Waals surface area contributed by atoms with Crippen molar-refractivity contribution in [2.24, 2.45) is 0 Å². The van der Waals surface area contributed by atoms with Gasteiger partial charge in [0.2, 0.25) is 10.0 Å². The fraction of sp³-hybridized carbons (Fsp3) is 0.350. The molecule has 1 heterocycles. The van der Waals surface area contributed by atoms with Crippen LogP contribution in [-0.4, -0.2) is 37.8 Å². The highest BCUT2D eigenvalue weighted by molar-refractivity contribution is 7.89. The number of ether oxygens (including phenoxy) is 1. The zero-order valence-electron chi connectivity index (χ0n) is 15.9. The highest BCUT2D eigenvalue weighted by atomic mass is 35.5. The number of carbonyl (C=O) groups excluding carboxylic acids is 1. The summed E-state index contributed by atoms with van der Waals surface area (Å²) in [7, 11) is -3.60. The third-order valence-corrected chi connectivity index (χ3v) is 6.81. The molecule has 0 aliphatic carbocycles. The summed E-state index contributed by atoms with van der Waals surface area (Å²) >= 11 is 5.92. The minimum Gasteiger partial charge on any atom is -0.479 e. The van der Waals surface area contributed by atoms with Gasteiger partial charge in [-0.05, 0) is 56.2 Å². The Morgan fingerprint density at radius 1 is 1.17 bits per heavy atom. The molecule has 9 heteroatoms. The zero-order chi connectivity index (χ0) is 21.0. The average molecular weight is 441 g/mol. The maximum absolute atomic E-state index is 13.1. The van der Waals surface area contributed by atoms with Gasteiger partial charge in [0.15, 0.2) is 6.10 Å². The first-order valence-corrected chi connectivity index (χ1v) is 11.1. The number of nitrogens with zero attached hydrogens (tertiary/aromatic N) is 1. The second kappa shape index (κ2) is 9.11. The summed E-state index contributed by atoms with van der Waals surface area (Å²) in [6, 6.07) is 9.74. The van der Waals surface area contributed by atoms with Gasteiger partial charge in [-0.25, -0.2) is 12.8 Å². The number of piperidine rings is 1. The van der Waals surface area contributed by atoms with E-state index in [4.69, 9.17) is 16.3 Å². The molecule has 0 saturated carbocycles. The van der Waals surface area contributed by atoms with Crippen molar-refractivity contribution in [2.45, 2.75) is 37.2 Å². The van der Waals surface area contributed by atoms with Crippen LogP contribution in [0.25, 0.3) is 0 Å². The Balaban J connectivity index is 1.69. The van der Waals surface area contributed by atoms with Crippen molar-refractivity contribution in [3.8, 4) is 5.75 Å². The standard InChI is InChI=1S/C20H22ClFN2O4S/c1-14(28-19-9-8-15(22)12-18(19)21)20(25)23-16-6-5-7-17(13-16)29(26,27)24-10-3-2-4-11-24/h5-9,12-14H,2-4,10-11H2,1H3,(H,23,25). The van der Waals surface area contributed by atoms with Gasteiger partial charge in [-0.3, -0.25) is 4.79 Å². The van der Waals surface area contributed by atoms with E-state index in [-0.39, 0.29) is 15.7 Å². The first-order valence-electron chi connectivity index (χ1n) is 9.30. The van der Waals surface area contributed by atoms with Crippen molar-refractivity contribution in [1.29, 1.82) is 0 Å². The van der Waals surface area contributed by atoms with E-state index >= 15 is 0 Å². The molecule has 1 fully saturated rings. The summed E-state index contributed by atoms with van der Waals surface area (Å²) in [5.74, 6) is -0.818. The van der Waals surface area contributed by atoms with Crippen LogP contribution in [0.1, 0.15) is 26.2 Å². The Morgan fingerprint density at radius 3 is 2.59 bits per heavy atom. The molecule has 2 aromatic carbocycles. The van der Waals surface area contributed by atoms with Crippen LogP contribution in [0.15, 0.2) is 47.4 Å². The maximum atomic E-state index is 13.1. The van der Waals surface area contributed by atoms with Gasteiger partial charge >= 0.3 is 0 Å². The molecule has 1 saturated heterocycles. The van der Waals surface area contributed by atoms with Crippen LogP contribution in [0.4, 0.5) is 10.1 Å². The van der Waals surface area contributed by atoms with Gasteiger partial charge in [0.05, 0.1) is 9.92 Å². The van der Waals surface area contributed by atoms with Gasteiger partial charge in [-0.2, -0.15) is 4.31 Å². The highest BCUT2D eigenvalue weighted by Gasteiger charge is 2.26. The largest absolute Gasteiger partial charge is 0.479 e. The minimum atomic E-state index is -3.60. The highest BCUT2D eigenvalue weighted by Crippen LogP contribution is 2.26. The molecule has 1 amide bonds. The summed E-state index contributed by atoms with van der Waals surface area (Å²) in [5, 5.41) is 2.70. The van der Waals surface area contributed by atoms with Gasteiger partial charge in [0.1, 0.15) is 11.6 Å². The van der Waals surface area contributed by atoms with Crippen LogP contribution in [0, 0.1) is 5.82 Å². The molecule has 29 heavy (non-hydrogen) atoms. The SMILES string of the molecule is CC(Oc1ccc(F)cc1Cl)C(=O)Nc1cccc(S(=O)(=O)N2CCCCC2)c1. The summed E-state index contributed by atoms with van der Waals surface area (Å²) < 4.78 is 45.7. The fourth-order valence-corrected chi connectivity index (χ4v) is 4.82. The van der Waals surface area contributed by atoms with E-state index in [1.807, 2.05) is 0 Å². The number of amides is 1. The first kappa shape index (κ1) is 21.5. The third kappa shape index (κ3) is 5.26. The van der Waals surface area contributed by atoms with Gasteiger partial charge in [-0.15, -0.1) is 0 Å². The van der Waals surface area contributed by atoms with Crippen LogP contribution in [0.5, 0.6) is 5.75 Å². The summed E-state index contributed by atoms with van der Waals surface area (Å²) in [6.07, 6.45) is 1.78. The summed E-state index contributed by atoms with van der Waals surface area (Å²) in [5.41, 5.74) is 0.341. The van der Waals surface area contributed by atoms with Crippen molar-refractivity contribution in [2.75, 3.05) is 18.4 Å². The third-order valence-electron chi connectivity index (χ3n) is 4.62. The lowest BCUT2D eigenvalue weighted by atomic mass is 10.2. The lowest BCUT2D eigenvalue weighted by molar-refractivity contribution is -0.122. The predicted molar refractivity (Wildman–Crippen MR) is 109 cm³/mol. The Morgan fingerprint density at radius 2 is 1.90 bits per heavy atom. The molecule has 1 unspecified atom stereocenters. The lowest BCUT2D eigenvalue weighted by Gasteiger charge is -2.26. The molecule has 156 valence electrons. The molecular weight excluding hydrogens is 419 g/mol. The van der Waals surface area contributed by atoms with E-state index in [9.17, 15) is 17.6 Å². The number of hydrogen-bond acceptors (Lipinski definition) is 4. The molecule has 1 N–H and O–H groups in total.